The van der Waals surface area contributed by atoms with Gasteiger partial charge in [-0.2, -0.15) is 12.2 Å². The van der Waals surface area contributed by atoms with Gasteiger partial charge >= 0.3 is 0 Å². The van der Waals surface area contributed by atoms with Crippen LogP contribution in [0.25, 0.3) is 0 Å². The first-order valence-electron chi connectivity index (χ1n) is 3.43. The summed E-state index contributed by atoms with van der Waals surface area (Å²) in [4.78, 5) is 0. The van der Waals surface area contributed by atoms with Crippen molar-refractivity contribution in [3.8, 4) is 0 Å². The zero-order chi connectivity index (χ0) is 7.07. The van der Waals surface area contributed by atoms with Gasteiger partial charge in [0.05, 0.1) is 0 Å². The van der Waals surface area contributed by atoms with Crippen LogP contribution >= 0.6 is 0 Å². The van der Waals surface area contributed by atoms with Gasteiger partial charge in [-0.3, -0.25) is 12.2 Å². The first-order chi connectivity index (χ1) is 5.00. The van der Waals surface area contributed by atoms with Crippen molar-refractivity contribution in [3.05, 3.63) is 48.6 Å². The fourth-order valence-corrected chi connectivity index (χ4v) is 0.680. The van der Waals surface area contributed by atoms with Crippen LogP contribution in [0.2, 0.25) is 0 Å². The van der Waals surface area contributed by atoms with E-state index in [-0.39, 0.29) is 20.4 Å². The maximum absolute atomic E-state index is 2.99. The molecule has 2 rings (SSSR count). The maximum Gasteiger partial charge on any atom is 0 e. The Morgan fingerprint density at radius 3 is 1.36 bits per heavy atom. The summed E-state index contributed by atoms with van der Waals surface area (Å²) in [5.41, 5.74) is 0. The van der Waals surface area contributed by atoms with Crippen LogP contribution < -0.4 is 0 Å². The third kappa shape index (κ3) is 6.04. The molecule has 59 valence electrons. The first-order valence-corrected chi connectivity index (χ1v) is 3.43. The summed E-state index contributed by atoms with van der Waals surface area (Å²) in [7, 11) is 0. The second kappa shape index (κ2) is 7.73. The number of allylic oxidation sites excluding steroid dienone is 8. The van der Waals surface area contributed by atoms with Crippen molar-refractivity contribution in [2.75, 3.05) is 0 Å². The van der Waals surface area contributed by atoms with E-state index in [2.05, 4.69) is 24.3 Å². The van der Waals surface area contributed by atoms with Crippen LogP contribution in [0.15, 0.2) is 36.5 Å². The molecular formula is C10H10Re-2. The van der Waals surface area contributed by atoms with Crippen LogP contribution in [0.3, 0.4) is 0 Å². The Kier molecular flexibility index (Phi) is 7.46. The SMILES string of the molecule is [C-]1=CC=CC1.[C-]1=CC=CC1.[Re]. The van der Waals surface area contributed by atoms with Gasteiger partial charge < -0.3 is 0 Å². The fraction of sp³-hybridized carbons (Fsp3) is 0.200. The summed E-state index contributed by atoms with van der Waals surface area (Å²) in [5, 5.41) is 0. The van der Waals surface area contributed by atoms with E-state index in [1.807, 2.05) is 24.3 Å². The molecule has 2 aliphatic rings. The standard InChI is InChI=1S/2C5H5.Re/c2*1-2-4-5-3-1;/h2*1-3H,4H2;/q2*-1;. The van der Waals surface area contributed by atoms with Crippen molar-refractivity contribution in [2.45, 2.75) is 12.8 Å². The number of hydrogen-bond donors (Lipinski definition) is 0. The Hall–Kier alpha value is -0.378. The zero-order valence-corrected chi connectivity index (χ0v) is 8.97. The van der Waals surface area contributed by atoms with E-state index in [0.29, 0.717) is 0 Å². The van der Waals surface area contributed by atoms with E-state index in [0.717, 1.165) is 12.8 Å². The van der Waals surface area contributed by atoms with Gasteiger partial charge in [-0.1, -0.05) is 0 Å². The molecule has 0 nitrogen and oxygen atoms in total. The van der Waals surface area contributed by atoms with Crippen molar-refractivity contribution in [2.24, 2.45) is 0 Å². The van der Waals surface area contributed by atoms with Gasteiger partial charge in [-0.25, -0.2) is 24.3 Å². The molecule has 0 heterocycles. The monoisotopic (exact) mass is 317 g/mol. The van der Waals surface area contributed by atoms with Crippen molar-refractivity contribution in [1.29, 1.82) is 0 Å². The smallest absolute Gasteiger partial charge is 0 e. The van der Waals surface area contributed by atoms with E-state index < -0.39 is 0 Å². The molecule has 0 fully saturated rings. The molecule has 0 atom stereocenters. The molecule has 0 saturated carbocycles. The molecule has 2 aliphatic carbocycles. The fourth-order valence-electron chi connectivity index (χ4n) is 0.680. The molecule has 0 amide bonds. The Morgan fingerprint density at radius 2 is 1.27 bits per heavy atom. The summed E-state index contributed by atoms with van der Waals surface area (Å²) in [6.45, 7) is 0. The minimum Gasteiger partial charge on any atom is -0.273 e. The van der Waals surface area contributed by atoms with Crippen LogP contribution in [0, 0.1) is 12.2 Å². The summed E-state index contributed by atoms with van der Waals surface area (Å²) in [5.74, 6) is 0. The number of rotatable bonds is 0. The Morgan fingerprint density at radius 1 is 0.818 bits per heavy atom. The van der Waals surface area contributed by atoms with E-state index in [1.54, 1.807) is 0 Å². The third-order valence-electron chi connectivity index (χ3n) is 1.17. The Labute approximate surface area is 82.0 Å². The molecule has 0 aromatic rings. The average molecular weight is 316 g/mol. The average Bonchev–Trinajstić information content (AvgIpc) is 2.67. The Balaban J connectivity index is 0.000000167. The van der Waals surface area contributed by atoms with E-state index in [1.165, 1.54) is 0 Å². The van der Waals surface area contributed by atoms with Gasteiger partial charge in [0.1, 0.15) is 0 Å². The van der Waals surface area contributed by atoms with Crippen molar-refractivity contribution in [1.82, 2.24) is 0 Å². The minimum atomic E-state index is 0. The second-order valence-electron chi connectivity index (χ2n) is 2.01. The molecule has 1 radical (unpaired) electrons. The summed E-state index contributed by atoms with van der Waals surface area (Å²) in [6, 6.07) is 0. The predicted molar refractivity (Wildman–Crippen MR) is 43.1 cm³/mol. The zero-order valence-electron chi connectivity index (χ0n) is 6.26. The van der Waals surface area contributed by atoms with Gasteiger partial charge in [0.2, 0.25) is 0 Å². The molecular weight excluding hydrogens is 306 g/mol. The molecule has 0 unspecified atom stereocenters. The topological polar surface area (TPSA) is 0 Å². The predicted octanol–water partition coefficient (Wildman–Crippen LogP) is 2.61. The molecule has 0 N–H and O–H groups in total. The van der Waals surface area contributed by atoms with E-state index in [4.69, 9.17) is 0 Å². The molecule has 0 aliphatic heterocycles. The minimum absolute atomic E-state index is 0. The summed E-state index contributed by atoms with van der Waals surface area (Å²) in [6.07, 6.45) is 20.0. The van der Waals surface area contributed by atoms with Crippen molar-refractivity contribution in [3.63, 3.8) is 0 Å². The van der Waals surface area contributed by atoms with Crippen LogP contribution in [0.5, 0.6) is 0 Å². The largest absolute Gasteiger partial charge is 0.273 e. The van der Waals surface area contributed by atoms with Crippen molar-refractivity contribution < 1.29 is 20.4 Å². The molecule has 0 bridgehead atoms. The molecule has 0 aromatic heterocycles. The number of hydrogen-bond acceptors (Lipinski definition) is 0. The molecule has 0 aromatic carbocycles. The first kappa shape index (κ1) is 10.6. The quantitative estimate of drug-likeness (QED) is 0.603. The molecule has 1 heteroatoms. The van der Waals surface area contributed by atoms with Crippen LogP contribution in [-0.2, 0) is 20.4 Å². The Bertz CT molecular complexity index is 143. The third-order valence-corrected chi connectivity index (χ3v) is 1.17. The second-order valence-corrected chi connectivity index (χ2v) is 2.01. The van der Waals surface area contributed by atoms with Gasteiger partial charge in [-0.05, 0) is 0 Å². The maximum atomic E-state index is 2.99. The summed E-state index contributed by atoms with van der Waals surface area (Å²) >= 11 is 0. The van der Waals surface area contributed by atoms with Gasteiger partial charge in [0.25, 0.3) is 0 Å². The van der Waals surface area contributed by atoms with Crippen LogP contribution in [-0.4, -0.2) is 0 Å². The summed E-state index contributed by atoms with van der Waals surface area (Å²) < 4.78 is 0. The van der Waals surface area contributed by atoms with Gasteiger partial charge in [0, 0.05) is 20.4 Å². The van der Waals surface area contributed by atoms with E-state index in [9.17, 15) is 0 Å². The van der Waals surface area contributed by atoms with Gasteiger partial charge in [-0.15, -0.1) is 12.8 Å². The van der Waals surface area contributed by atoms with Crippen LogP contribution in [0.4, 0.5) is 0 Å². The van der Waals surface area contributed by atoms with Gasteiger partial charge in [0.15, 0.2) is 0 Å². The molecule has 0 spiro atoms. The normalized spacial score (nSPS) is 16.0. The molecule has 11 heavy (non-hydrogen) atoms. The van der Waals surface area contributed by atoms with Crippen molar-refractivity contribution >= 4 is 0 Å². The van der Waals surface area contributed by atoms with Crippen LogP contribution in [0.1, 0.15) is 12.8 Å². The molecule has 0 saturated heterocycles. The van der Waals surface area contributed by atoms with E-state index >= 15 is 0 Å².